The molecule has 2 aliphatic rings. The zero-order valence-corrected chi connectivity index (χ0v) is 17.8. The molecule has 2 aromatic carbocycles. The van der Waals surface area contributed by atoms with E-state index in [4.69, 9.17) is 4.74 Å². The van der Waals surface area contributed by atoms with E-state index >= 15 is 0 Å². The fraction of sp³-hybridized carbons (Fsp3) is 0.261. The average Bonchev–Trinajstić information content (AvgIpc) is 3.00. The Bertz CT molecular complexity index is 959. The number of anilines is 1. The second-order valence-electron chi connectivity index (χ2n) is 7.36. The maximum Gasteiger partial charge on any atom is 0.233 e. The van der Waals surface area contributed by atoms with Gasteiger partial charge in [0.1, 0.15) is 11.5 Å². The molecule has 2 atom stereocenters. The van der Waals surface area contributed by atoms with E-state index in [-0.39, 0.29) is 42.5 Å². The number of fused-ring (bicyclic) bond motifs is 1. The molecule has 0 bridgehead atoms. The summed E-state index contributed by atoms with van der Waals surface area (Å²) >= 11 is 3.38. The number of carbonyl (C=O) groups excluding carboxylic acids is 3. The molecule has 6 nitrogen and oxygen atoms in total. The van der Waals surface area contributed by atoms with Gasteiger partial charge >= 0.3 is 0 Å². The van der Waals surface area contributed by atoms with E-state index in [2.05, 4.69) is 21.2 Å². The van der Waals surface area contributed by atoms with Crippen LogP contribution in [0.5, 0.6) is 11.5 Å². The van der Waals surface area contributed by atoms with Crippen molar-refractivity contribution in [2.75, 3.05) is 11.9 Å². The van der Waals surface area contributed by atoms with Gasteiger partial charge in [0, 0.05) is 23.1 Å². The van der Waals surface area contributed by atoms with E-state index in [9.17, 15) is 14.4 Å². The lowest BCUT2D eigenvalue weighted by Crippen LogP contribution is -2.34. The van der Waals surface area contributed by atoms with Crippen molar-refractivity contribution in [3.63, 3.8) is 0 Å². The van der Waals surface area contributed by atoms with Gasteiger partial charge in [-0.25, -0.2) is 0 Å². The van der Waals surface area contributed by atoms with Crippen LogP contribution >= 0.6 is 15.9 Å². The molecule has 1 aliphatic heterocycles. The first-order chi connectivity index (χ1) is 14.5. The van der Waals surface area contributed by atoms with Crippen LogP contribution in [0.1, 0.15) is 19.3 Å². The number of imide groups is 1. The Balaban J connectivity index is 1.28. The third kappa shape index (κ3) is 4.46. The first-order valence-corrected chi connectivity index (χ1v) is 10.6. The smallest absolute Gasteiger partial charge is 0.233 e. The number of amides is 3. The molecule has 154 valence electrons. The molecule has 1 fully saturated rings. The van der Waals surface area contributed by atoms with Gasteiger partial charge in [-0.1, -0.05) is 28.1 Å². The average molecular weight is 469 g/mol. The van der Waals surface area contributed by atoms with Crippen molar-refractivity contribution in [2.45, 2.75) is 19.3 Å². The van der Waals surface area contributed by atoms with Gasteiger partial charge < -0.3 is 10.1 Å². The summed E-state index contributed by atoms with van der Waals surface area (Å²) in [6.07, 6.45) is 5.18. The van der Waals surface area contributed by atoms with E-state index < -0.39 is 0 Å². The van der Waals surface area contributed by atoms with Gasteiger partial charge in [-0.15, -0.1) is 0 Å². The minimum atomic E-state index is -0.260. The third-order valence-corrected chi connectivity index (χ3v) is 5.88. The molecule has 0 saturated carbocycles. The summed E-state index contributed by atoms with van der Waals surface area (Å²) < 4.78 is 6.73. The normalized spacial score (nSPS) is 20.2. The minimum Gasteiger partial charge on any atom is -0.457 e. The van der Waals surface area contributed by atoms with Crippen LogP contribution in [0.3, 0.4) is 0 Å². The fourth-order valence-electron chi connectivity index (χ4n) is 3.77. The molecule has 2 unspecified atom stereocenters. The highest BCUT2D eigenvalue weighted by atomic mass is 79.9. The van der Waals surface area contributed by atoms with E-state index in [0.29, 0.717) is 30.0 Å². The number of hydrogen-bond acceptors (Lipinski definition) is 4. The Labute approximate surface area is 183 Å². The summed E-state index contributed by atoms with van der Waals surface area (Å²) in [6.45, 7) is 0.112. The summed E-state index contributed by atoms with van der Waals surface area (Å²) in [7, 11) is 0. The Kier molecular flexibility index (Phi) is 5.99. The predicted molar refractivity (Wildman–Crippen MR) is 116 cm³/mol. The maximum atomic E-state index is 12.5. The lowest BCUT2D eigenvalue weighted by atomic mass is 9.85. The van der Waals surface area contributed by atoms with Crippen molar-refractivity contribution < 1.29 is 19.1 Å². The monoisotopic (exact) mass is 468 g/mol. The summed E-state index contributed by atoms with van der Waals surface area (Å²) in [5, 5.41) is 2.79. The first-order valence-electron chi connectivity index (χ1n) is 9.85. The number of nitrogens with zero attached hydrogens (tertiary/aromatic N) is 1. The summed E-state index contributed by atoms with van der Waals surface area (Å²) in [6, 6.07) is 14.5. The Morgan fingerprint density at radius 1 is 0.933 bits per heavy atom. The number of benzene rings is 2. The summed E-state index contributed by atoms with van der Waals surface area (Å²) in [5.41, 5.74) is 0.625. The van der Waals surface area contributed by atoms with Gasteiger partial charge in [0.25, 0.3) is 0 Å². The molecule has 0 aromatic heterocycles. The number of ether oxygens (including phenoxy) is 1. The van der Waals surface area contributed by atoms with Crippen molar-refractivity contribution in [2.24, 2.45) is 11.8 Å². The van der Waals surface area contributed by atoms with Gasteiger partial charge in [0.15, 0.2) is 0 Å². The van der Waals surface area contributed by atoms with Gasteiger partial charge in [0.2, 0.25) is 17.7 Å². The van der Waals surface area contributed by atoms with Crippen molar-refractivity contribution >= 4 is 39.3 Å². The molecule has 1 saturated heterocycles. The second kappa shape index (κ2) is 8.83. The SMILES string of the molecule is O=C(CCN1C(=O)C2CC=CCC2C1=O)Nc1ccc(Oc2ccc(Br)cc2)cc1. The fourth-order valence-corrected chi connectivity index (χ4v) is 4.04. The number of likely N-dealkylation sites (tertiary alicyclic amines) is 1. The molecule has 3 amide bonds. The van der Waals surface area contributed by atoms with Crippen LogP contribution in [-0.2, 0) is 14.4 Å². The highest BCUT2D eigenvalue weighted by Crippen LogP contribution is 2.35. The Morgan fingerprint density at radius 2 is 1.47 bits per heavy atom. The Morgan fingerprint density at radius 3 is 2.03 bits per heavy atom. The zero-order chi connectivity index (χ0) is 21.1. The van der Waals surface area contributed by atoms with Crippen molar-refractivity contribution in [1.29, 1.82) is 0 Å². The molecule has 0 spiro atoms. The highest BCUT2D eigenvalue weighted by Gasteiger charge is 2.46. The molecular weight excluding hydrogens is 448 g/mol. The van der Waals surface area contributed by atoms with E-state index in [1.807, 2.05) is 36.4 Å². The van der Waals surface area contributed by atoms with Crippen LogP contribution in [0.15, 0.2) is 65.2 Å². The molecule has 30 heavy (non-hydrogen) atoms. The number of carbonyl (C=O) groups is 3. The number of allylic oxidation sites excluding steroid dienone is 2. The number of hydrogen-bond donors (Lipinski definition) is 1. The van der Waals surface area contributed by atoms with Gasteiger partial charge in [-0.3, -0.25) is 19.3 Å². The molecule has 2 aromatic rings. The quantitative estimate of drug-likeness (QED) is 0.499. The van der Waals surface area contributed by atoms with E-state index in [1.54, 1.807) is 24.3 Å². The van der Waals surface area contributed by atoms with Crippen LogP contribution in [0.4, 0.5) is 5.69 Å². The standard InChI is InChI=1S/C23H21BrN2O4/c24-15-5-9-17(10-6-15)30-18-11-7-16(8-12-18)25-21(27)13-14-26-22(28)19-3-1-2-4-20(19)23(26)29/h1-2,5-12,19-20H,3-4,13-14H2,(H,25,27). The number of halogens is 1. The van der Waals surface area contributed by atoms with Crippen LogP contribution < -0.4 is 10.1 Å². The van der Waals surface area contributed by atoms with Crippen LogP contribution in [-0.4, -0.2) is 29.2 Å². The van der Waals surface area contributed by atoms with Crippen molar-refractivity contribution in [1.82, 2.24) is 4.90 Å². The van der Waals surface area contributed by atoms with E-state index in [0.717, 1.165) is 4.47 Å². The molecule has 1 N–H and O–H groups in total. The summed E-state index contributed by atoms with van der Waals surface area (Å²) in [4.78, 5) is 38.4. The second-order valence-corrected chi connectivity index (χ2v) is 8.28. The molecule has 7 heteroatoms. The molecule has 4 rings (SSSR count). The Hall–Kier alpha value is -2.93. The predicted octanol–water partition coefficient (Wildman–Crippen LogP) is 4.52. The van der Waals surface area contributed by atoms with Gasteiger partial charge in [0.05, 0.1) is 11.8 Å². The number of rotatable bonds is 6. The van der Waals surface area contributed by atoms with Gasteiger partial charge in [-0.05, 0) is 61.4 Å². The lowest BCUT2D eigenvalue weighted by molar-refractivity contribution is -0.140. The zero-order valence-electron chi connectivity index (χ0n) is 16.2. The maximum absolute atomic E-state index is 12.5. The minimum absolute atomic E-state index is 0.0709. The molecule has 1 aliphatic carbocycles. The van der Waals surface area contributed by atoms with Crippen LogP contribution in [0.25, 0.3) is 0 Å². The first kappa shape index (κ1) is 20.3. The molecular formula is C23H21BrN2O4. The van der Waals surface area contributed by atoms with Crippen LogP contribution in [0.2, 0.25) is 0 Å². The van der Waals surface area contributed by atoms with E-state index in [1.165, 1.54) is 4.90 Å². The van der Waals surface area contributed by atoms with Gasteiger partial charge in [-0.2, -0.15) is 0 Å². The summed E-state index contributed by atoms with van der Waals surface area (Å²) in [5.74, 6) is 0.288. The molecule has 1 heterocycles. The molecule has 0 radical (unpaired) electrons. The van der Waals surface area contributed by atoms with Crippen molar-refractivity contribution in [3.05, 3.63) is 65.2 Å². The van der Waals surface area contributed by atoms with Crippen molar-refractivity contribution in [3.8, 4) is 11.5 Å². The third-order valence-electron chi connectivity index (χ3n) is 5.35. The largest absolute Gasteiger partial charge is 0.457 e. The number of nitrogens with one attached hydrogen (secondary N) is 1. The topological polar surface area (TPSA) is 75.7 Å². The highest BCUT2D eigenvalue weighted by molar-refractivity contribution is 9.10. The lowest BCUT2D eigenvalue weighted by Gasteiger charge is -2.14. The van der Waals surface area contributed by atoms with Crippen LogP contribution in [0, 0.1) is 11.8 Å².